The molecule has 4 atom stereocenters. The SMILES string of the molecule is CCO[C@@H]1OC(=O)[C@@]2(S(=O)(=O)c3ccc(C)cc3)[C@@H]3CCCN3O[C@@H]12. The van der Waals surface area contributed by atoms with Gasteiger partial charge in [0, 0.05) is 13.2 Å². The van der Waals surface area contributed by atoms with E-state index in [1.807, 2.05) is 6.92 Å². The molecule has 0 amide bonds. The van der Waals surface area contributed by atoms with E-state index in [9.17, 15) is 13.2 Å². The zero-order chi connectivity index (χ0) is 17.8. The lowest BCUT2D eigenvalue weighted by Gasteiger charge is -2.27. The fraction of sp³-hybridized carbons (Fsp3) is 0.588. The normalized spacial score (nSPS) is 34.8. The molecule has 136 valence electrons. The van der Waals surface area contributed by atoms with Crippen molar-refractivity contribution in [2.75, 3.05) is 13.2 Å². The highest BCUT2D eigenvalue weighted by Crippen LogP contribution is 2.51. The highest BCUT2D eigenvalue weighted by Gasteiger charge is 2.77. The molecule has 3 heterocycles. The molecule has 1 aromatic rings. The Morgan fingerprint density at radius 1 is 1.32 bits per heavy atom. The number of carbonyl (C=O) groups is 1. The Morgan fingerprint density at radius 3 is 2.72 bits per heavy atom. The minimum Gasteiger partial charge on any atom is -0.431 e. The zero-order valence-electron chi connectivity index (χ0n) is 14.2. The van der Waals surface area contributed by atoms with Gasteiger partial charge in [-0.25, -0.2) is 8.42 Å². The van der Waals surface area contributed by atoms with Gasteiger partial charge in [-0.3, -0.25) is 9.63 Å². The van der Waals surface area contributed by atoms with Crippen molar-refractivity contribution in [3.05, 3.63) is 29.8 Å². The summed E-state index contributed by atoms with van der Waals surface area (Å²) in [7, 11) is -4.03. The molecular weight excluding hydrogens is 346 g/mol. The van der Waals surface area contributed by atoms with Crippen LogP contribution in [0, 0.1) is 6.92 Å². The van der Waals surface area contributed by atoms with Crippen molar-refractivity contribution < 1.29 is 27.5 Å². The monoisotopic (exact) mass is 367 g/mol. The minimum absolute atomic E-state index is 0.106. The number of fused-ring (bicyclic) bond motifs is 3. The van der Waals surface area contributed by atoms with Gasteiger partial charge in [0.25, 0.3) is 0 Å². The third-order valence-corrected chi connectivity index (χ3v) is 7.72. The van der Waals surface area contributed by atoms with Gasteiger partial charge in [0.2, 0.25) is 11.0 Å². The number of carbonyl (C=O) groups excluding carboxylic acids is 1. The van der Waals surface area contributed by atoms with E-state index >= 15 is 0 Å². The van der Waals surface area contributed by atoms with Gasteiger partial charge in [-0.15, -0.1) is 0 Å². The number of rotatable bonds is 4. The number of cyclic esters (lactones) is 1. The van der Waals surface area contributed by atoms with Crippen LogP contribution in [0.3, 0.4) is 0 Å². The van der Waals surface area contributed by atoms with Crippen LogP contribution in [-0.2, 0) is 28.9 Å². The van der Waals surface area contributed by atoms with Crippen molar-refractivity contribution >= 4 is 15.8 Å². The third kappa shape index (κ3) is 2.14. The maximum Gasteiger partial charge on any atom is 0.335 e. The molecule has 3 aliphatic rings. The van der Waals surface area contributed by atoms with Crippen molar-refractivity contribution in [2.24, 2.45) is 0 Å². The second-order valence-electron chi connectivity index (χ2n) is 6.66. The van der Waals surface area contributed by atoms with Gasteiger partial charge >= 0.3 is 5.97 Å². The number of aryl methyl sites for hydroxylation is 1. The van der Waals surface area contributed by atoms with Crippen molar-refractivity contribution in [3.63, 3.8) is 0 Å². The Labute approximate surface area is 146 Å². The minimum atomic E-state index is -4.03. The molecule has 0 aliphatic carbocycles. The predicted molar refractivity (Wildman–Crippen MR) is 87.2 cm³/mol. The van der Waals surface area contributed by atoms with Gasteiger partial charge < -0.3 is 9.47 Å². The average Bonchev–Trinajstić information content (AvgIpc) is 3.20. The van der Waals surface area contributed by atoms with Crippen LogP contribution in [0.2, 0.25) is 0 Å². The Kier molecular flexibility index (Phi) is 3.91. The standard InChI is InChI=1S/C17H21NO6S/c1-3-22-15-14-17(16(19)23-15,13-5-4-10-18(13)24-14)25(20,21)12-8-6-11(2)7-9-12/h6-9,13-15H,3-5,10H2,1-2H3/t13-,14-,15+,17+/m0/s1. The first-order valence-corrected chi connectivity index (χ1v) is 9.98. The summed E-state index contributed by atoms with van der Waals surface area (Å²) in [6, 6.07) is 5.97. The largest absolute Gasteiger partial charge is 0.431 e. The molecule has 3 aliphatic heterocycles. The Hall–Kier alpha value is -1.48. The third-order valence-electron chi connectivity index (χ3n) is 5.27. The van der Waals surface area contributed by atoms with Crippen molar-refractivity contribution in [1.29, 1.82) is 0 Å². The van der Waals surface area contributed by atoms with Crippen LogP contribution in [0.15, 0.2) is 29.2 Å². The maximum absolute atomic E-state index is 13.6. The summed E-state index contributed by atoms with van der Waals surface area (Å²) in [5.41, 5.74) is 0.944. The molecule has 3 saturated heterocycles. The molecule has 0 spiro atoms. The number of ether oxygens (including phenoxy) is 2. The van der Waals surface area contributed by atoms with E-state index in [-0.39, 0.29) is 4.90 Å². The molecular formula is C17H21NO6S. The average molecular weight is 367 g/mol. The first-order chi connectivity index (χ1) is 11.9. The summed E-state index contributed by atoms with van der Waals surface area (Å²) in [6.07, 6.45) is -0.662. The second-order valence-corrected chi connectivity index (χ2v) is 8.82. The van der Waals surface area contributed by atoms with Gasteiger partial charge in [-0.2, -0.15) is 5.06 Å². The van der Waals surface area contributed by atoms with Crippen LogP contribution in [0.25, 0.3) is 0 Å². The Balaban J connectivity index is 1.87. The molecule has 25 heavy (non-hydrogen) atoms. The Morgan fingerprint density at radius 2 is 2.04 bits per heavy atom. The summed E-state index contributed by atoms with van der Waals surface area (Å²) in [6.45, 7) is 4.53. The van der Waals surface area contributed by atoms with E-state index in [1.54, 1.807) is 24.1 Å². The molecule has 1 aromatic carbocycles. The molecule has 0 N–H and O–H groups in total. The van der Waals surface area contributed by atoms with E-state index in [4.69, 9.17) is 14.3 Å². The van der Waals surface area contributed by atoms with E-state index in [2.05, 4.69) is 0 Å². The van der Waals surface area contributed by atoms with Gasteiger partial charge in [-0.05, 0) is 38.8 Å². The van der Waals surface area contributed by atoms with Crippen molar-refractivity contribution in [1.82, 2.24) is 5.06 Å². The zero-order valence-corrected chi connectivity index (χ0v) is 15.0. The van der Waals surface area contributed by atoms with Crippen LogP contribution in [0.1, 0.15) is 25.3 Å². The van der Waals surface area contributed by atoms with Crippen molar-refractivity contribution in [3.8, 4) is 0 Å². The highest BCUT2D eigenvalue weighted by atomic mass is 32.2. The van der Waals surface area contributed by atoms with Gasteiger partial charge in [-0.1, -0.05) is 17.7 Å². The Bertz CT molecular complexity index is 792. The molecule has 3 fully saturated rings. The molecule has 4 rings (SSSR count). The lowest BCUT2D eigenvalue weighted by Crippen LogP contribution is -2.57. The maximum atomic E-state index is 13.6. The van der Waals surface area contributed by atoms with Gasteiger partial charge in [0.15, 0.2) is 15.9 Å². The number of hydroxylamine groups is 2. The molecule has 0 aromatic heterocycles. The summed E-state index contributed by atoms with van der Waals surface area (Å²) < 4.78 is 36.2. The summed E-state index contributed by atoms with van der Waals surface area (Å²) in [5.74, 6) is -0.772. The summed E-state index contributed by atoms with van der Waals surface area (Å²) >= 11 is 0. The van der Waals surface area contributed by atoms with E-state index in [1.165, 1.54) is 12.1 Å². The number of sulfone groups is 1. The number of nitrogens with zero attached hydrogens (tertiary/aromatic N) is 1. The van der Waals surface area contributed by atoms with E-state index in [0.717, 1.165) is 12.0 Å². The smallest absolute Gasteiger partial charge is 0.335 e. The molecule has 7 nitrogen and oxygen atoms in total. The molecule has 0 radical (unpaired) electrons. The quantitative estimate of drug-likeness (QED) is 0.740. The summed E-state index contributed by atoms with van der Waals surface area (Å²) in [5, 5.41) is 1.63. The molecule has 8 heteroatoms. The van der Waals surface area contributed by atoms with Crippen LogP contribution in [0.4, 0.5) is 0 Å². The topological polar surface area (TPSA) is 82.1 Å². The summed E-state index contributed by atoms with van der Waals surface area (Å²) in [4.78, 5) is 18.9. The number of hydrogen-bond acceptors (Lipinski definition) is 7. The number of hydrogen-bond donors (Lipinski definition) is 0. The van der Waals surface area contributed by atoms with E-state index < -0.39 is 39.0 Å². The first-order valence-electron chi connectivity index (χ1n) is 8.50. The van der Waals surface area contributed by atoms with Gasteiger partial charge in [0.1, 0.15) is 0 Å². The van der Waals surface area contributed by atoms with E-state index in [0.29, 0.717) is 19.6 Å². The lowest BCUT2D eigenvalue weighted by molar-refractivity contribution is -0.226. The predicted octanol–water partition coefficient (Wildman–Crippen LogP) is 1.21. The van der Waals surface area contributed by atoms with Crippen LogP contribution < -0.4 is 0 Å². The van der Waals surface area contributed by atoms with Crippen LogP contribution in [0.5, 0.6) is 0 Å². The van der Waals surface area contributed by atoms with Gasteiger partial charge in [0.05, 0.1) is 10.9 Å². The first kappa shape index (κ1) is 17.0. The van der Waals surface area contributed by atoms with Crippen LogP contribution in [-0.4, -0.2) is 55.8 Å². The molecule has 0 unspecified atom stereocenters. The molecule has 0 saturated carbocycles. The lowest BCUT2D eigenvalue weighted by atomic mass is 9.94. The highest BCUT2D eigenvalue weighted by molar-refractivity contribution is 7.93. The number of benzene rings is 1. The number of esters is 1. The van der Waals surface area contributed by atoms with Crippen molar-refractivity contribution in [2.45, 2.75) is 54.8 Å². The molecule has 0 bridgehead atoms. The fourth-order valence-corrected chi connectivity index (χ4v) is 6.32. The second kappa shape index (κ2) is 5.77. The van der Waals surface area contributed by atoms with Crippen LogP contribution >= 0.6 is 0 Å². The fourth-order valence-electron chi connectivity index (χ4n) is 4.11.